The van der Waals surface area contributed by atoms with Gasteiger partial charge in [0.15, 0.2) is 14.9 Å². The van der Waals surface area contributed by atoms with E-state index in [2.05, 4.69) is 15.4 Å². The van der Waals surface area contributed by atoms with Crippen molar-refractivity contribution in [3.05, 3.63) is 35.3 Å². The lowest BCUT2D eigenvalue weighted by atomic mass is 10.1. The second kappa shape index (κ2) is 7.64. The van der Waals surface area contributed by atoms with Crippen molar-refractivity contribution in [2.24, 2.45) is 11.8 Å². The third kappa shape index (κ3) is 4.63. The molecular weight excluding hydrogens is 428 g/mol. The van der Waals surface area contributed by atoms with Crippen molar-refractivity contribution < 1.29 is 30.8 Å². The minimum Gasteiger partial charge on any atom is -0.321 e. The molecule has 2 aromatic rings. The van der Waals surface area contributed by atoms with Gasteiger partial charge in [-0.05, 0) is 31.4 Å². The van der Waals surface area contributed by atoms with Gasteiger partial charge >= 0.3 is 0 Å². The van der Waals surface area contributed by atoms with E-state index in [9.17, 15) is 30.8 Å². The zero-order valence-corrected chi connectivity index (χ0v) is 17.2. The molecule has 2 heterocycles. The molecule has 30 heavy (non-hydrogen) atoms. The van der Waals surface area contributed by atoms with Crippen LogP contribution in [0.5, 0.6) is 0 Å². The van der Waals surface area contributed by atoms with Gasteiger partial charge in [0.25, 0.3) is 11.8 Å². The van der Waals surface area contributed by atoms with E-state index in [-0.39, 0.29) is 34.9 Å². The highest BCUT2D eigenvalue weighted by Gasteiger charge is 2.45. The molecule has 1 aliphatic carbocycles. The standard InChI is InChI=1S/C18H20F4N4O3S/c1-9-14(17(27)24-11-4-5-23-13(7-11)30(3,28)29)26(25-15(9)18(2,21)22)8-10-6-12(10)16(19)20/h4-5,7,10,12,16H,6,8H2,1-3H3,(H,23,24,27). The molecule has 7 nitrogen and oxygen atoms in total. The molecule has 1 fully saturated rings. The molecule has 164 valence electrons. The van der Waals surface area contributed by atoms with Crippen molar-refractivity contribution in [1.82, 2.24) is 14.8 Å². The van der Waals surface area contributed by atoms with Crippen LogP contribution in [0, 0.1) is 18.8 Å². The monoisotopic (exact) mass is 448 g/mol. The van der Waals surface area contributed by atoms with E-state index in [0.29, 0.717) is 6.92 Å². The summed E-state index contributed by atoms with van der Waals surface area (Å²) >= 11 is 0. The SMILES string of the molecule is Cc1c(C(C)(F)F)nn(CC2CC2C(F)F)c1C(=O)Nc1ccnc(S(C)(=O)=O)c1. The summed E-state index contributed by atoms with van der Waals surface area (Å²) < 4.78 is 77.9. The Bertz CT molecular complexity index is 1080. The molecule has 0 saturated heterocycles. The lowest BCUT2D eigenvalue weighted by Crippen LogP contribution is -2.20. The lowest BCUT2D eigenvalue weighted by molar-refractivity contribution is 0.0114. The Balaban J connectivity index is 1.93. The summed E-state index contributed by atoms with van der Waals surface area (Å²) in [6, 6.07) is 2.47. The van der Waals surface area contributed by atoms with Gasteiger partial charge in [0, 0.05) is 43.1 Å². The number of carbonyl (C=O) groups is 1. The van der Waals surface area contributed by atoms with Crippen molar-refractivity contribution in [3.8, 4) is 0 Å². The zero-order chi connectivity index (χ0) is 22.4. The number of amides is 1. The van der Waals surface area contributed by atoms with Gasteiger partial charge in [-0.15, -0.1) is 0 Å². The van der Waals surface area contributed by atoms with Crippen LogP contribution in [0.2, 0.25) is 0 Å². The zero-order valence-electron chi connectivity index (χ0n) is 16.4. The molecular formula is C18H20F4N4O3S. The Morgan fingerprint density at radius 3 is 2.60 bits per heavy atom. The molecule has 1 N–H and O–H groups in total. The third-order valence-corrected chi connectivity index (χ3v) is 5.88. The molecule has 0 bridgehead atoms. The second-order valence-corrected chi connectivity index (χ2v) is 9.46. The van der Waals surface area contributed by atoms with Crippen molar-refractivity contribution in [2.45, 2.75) is 44.2 Å². The summed E-state index contributed by atoms with van der Waals surface area (Å²) in [7, 11) is -3.63. The van der Waals surface area contributed by atoms with E-state index in [1.807, 2.05) is 0 Å². The number of pyridine rings is 1. The summed E-state index contributed by atoms with van der Waals surface area (Å²) in [5.41, 5.74) is -0.798. The highest BCUT2D eigenvalue weighted by molar-refractivity contribution is 7.90. The average molecular weight is 448 g/mol. The fourth-order valence-electron chi connectivity index (χ4n) is 3.28. The number of nitrogens with zero attached hydrogens (tertiary/aromatic N) is 3. The molecule has 2 atom stereocenters. The predicted molar refractivity (Wildman–Crippen MR) is 99.4 cm³/mol. The maximum Gasteiger partial charge on any atom is 0.289 e. The number of aromatic nitrogens is 3. The van der Waals surface area contributed by atoms with Crippen LogP contribution < -0.4 is 5.32 Å². The maximum atomic E-state index is 13.9. The Kier molecular flexibility index (Phi) is 5.65. The Morgan fingerprint density at radius 1 is 1.40 bits per heavy atom. The number of halogens is 4. The Hall–Kier alpha value is -2.50. The van der Waals surface area contributed by atoms with Crippen LogP contribution in [0.1, 0.15) is 35.1 Å². The van der Waals surface area contributed by atoms with E-state index in [1.54, 1.807) is 0 Å². The molecule has 0 aromatic carbocycles. The number of sulfone groups is 1. The van der Waals surface area contributed by atoms with Gasteiger partial charge in [0.1, 0.15) is 11.4 Å². The number of hydrogen-bond donors (Lipinski definition) is 1. The molecule has 0 spiro atoms. The topological polar surface area (TPSA) is 93.9 Å². The van der Waals surface area contributed by atoms with Gasteiger partial charge < -0.3 is 5.32 Å². The summed E-state index contributed by atoms with van der Waals surface area (Å²) in [6.07, 6.45) is -0.177. The van der Waals surface area contributed by atoms with Gasteiger partial charge in [-0.25, -0.2) is 22.2 Å². The fraction of sp³-hybridized carbons (Fsp3) is 0.500. The largest absolute Gasteiger partial charge is 0.321 e. The molecule has 3 rings (SSSR count). The molecule has 0 radical (unpaired) electrons. The number of carbonyl (C=O) groups excluding carboxylic acids is 1. The van der Waals surface area contributed by atoms with Crippen LogP contribution in [0.25, 0.3) is 0 Å². The van der Waals surface area contributed by atoms with Crippen LogP contribution in [-0.4, -0.2) is 41.8 Å². The molecule has 12 heteroatoms. The van der Waals surface area contributed by atoms with E-state index < -0.39 is 45.6 Å². The first-order chi connectivity index (χ1) is 13.8. The molecule has 1 aliphatic rings. The minimum atomic E-state index is -3.63. The van der Waals surface area contributed by atoms with Gasteiger partial charge in [-0.1, -0.05) is 0 Å². The third-order valence-electron chi connectivity index (χ3n) is 4.90. The normalized spacial score (nSPS) is 19.2. The van der Waals surface area contributed by atoms with Crippen LogP contribution in [0.3, 0.4) is 0 Å². The fourth-order valence-corrected chi connectivity index (χ4v) is 3.87. The van der Waals surface area contributed by atoms with Gasteiger partial charge in [-0.2, -0.15) is 13.9 Å². The van der Waals surface area contributed by atoms with Crippen LogP contribution in [-0.2, 0) is 22.3 Å². The smallest absolute Gasteiger partial charge is 0.289 e. The van der Waals surface area contributed by atoms with E-state index in [4.69, 9.17) is 0 Å². The quantitative estimate of drug-likeness (QED) is 0.657. The molecule has 2 aromatic heterocycles. The van der Waals surface area contributed by atoms with Gasteiger partial charge in [0.2, 0.25) is 6.43 Å². The van der Waals surface area contributed by atoms with Crippen molar-refractivity contribution in [1.29, 1.82) is 0 Å². The predicted octanol–water partition coefficient (Wildman–Crippen LogP) is 3.26. The van der Waals surface area contributed by atoms with E-state index in [1.165, 1.54) is 19.2 Å². The minimum absolute atomic E-state index is 0.0772. The Morgan fingerprint density at radius 2 is 2.07 bits per heavy atom. The summed E-state index contributed by atoms with van der Waals surface area (Å²) in [6.45, 7) is 1.84. The van der Waals surface area contributed by atoms with Gasteiger partial charge in [-0.3, -0.25) is 9.48 Å². The Labute approximate surface area is 170 Å². The van der Waals surface area contributed by atoms with E-state index in [0.717, 1.165) is 17.0 Å². The molecule has 1 amide bonds. The van der Waals surface area contributed by atoms with Crippen molar-refractivity contribution in [2.75, 3.05) is 11.6 Å². The van der Waals surface area contributed by atoms with Crippen molar-refractivity contribution >= 4 is 21.4 Å². The number of nitrogens with one attached hydrogen (secondary N) is 1. The highest BCUT2D eigenvalue weighted by atomic mass is 32.2. The number of hydrogen-bond acceptors (Lipinski definition) is 5. The maximum absolute atomic E-state index is 13.9. The molecule has 1 saturated carbocycles. The summed E-state index contributed by atoms with van der Waals surface area (Å²) in [5, 5.41) is 6.00. The van der Waals surface area contributed by atoms with Crippen LogP contribution in [0.4, 0.5) is 23.2 Å². The molecule has 0 aliphatic heterocycles. The van der Waals surface area contributed by atoms with Crippen LogP contribution >= 0.6 is 0 Å². The highest BCUT2D eigenvalue weighted by Crippen LogP contribution is 2.44. The number of anilines is 1. The van der Waals surface area contributed by atoms with Crippen LogP contribution in [0.15, 0.2) is 23.4 Å². The van der Waals surface area contributed by atoms with Crippen molar-refractivity contribution in [3.63, 3.8) is 0 Å². The number of rotatable bonds is 7. The summed E-state index contributed by atoms with van der Waals surface area (Å²) in [5.74, 6) is -5.47. The first-order valence-corrected chi connectivity index (χ1v) is 10.9. The summed E-state index contributed by atoms with van der Waals surface area (Å²) in [4.78, 5) is 16.5. The molecule has 2 unspecified atom stereocenters. The average Bonchev–Trinajstić information content (AvgIpc) is 3.29. The first-order valence-electron chi connectivity index (χ1n) is 9.00. The lowest BCUT2D eigenvalue weighted by Gasteiger charge is -2.10. The second-order valence-electron chi connectivity index (χ2n) is 7.50. The van der Waals surface area contributed by atoms with Gasteiger partial charge in [0.05, 0.1) is 0 Å². The van der Waals surface area contributed by atoms with E-state index >= 15 is 0 Å². The first kappa shape index (κ1) is 22.2. The number of alkyl halides is 4.